The summed E-state index contributed by atoms with van der Waals surface area (Å²) in [6.45, 7) is 10.9. The smallest absolute Gasteiger partial charge is 0.185 e. The highest BCUT2D eigenvalue weighted by Gasteiger charge is 2.53. The Balaban J connectivity index is 2.11. The van der Waals surface area contributed by atoms with Crippen molar-refractivity contribution in [2.75, 3.05) is 0 Å². The van der Waals surface area contributed by atoms with E-state index in [1.165, 1.54) is 6.42 Å². The Kier molecular flexibility index (Phi) is 3.50. The molecule has 0 heterocycles. The van der Waals surface area contributed by atoms with Crippen molar-refractivity contribution in [2.24, 2.45) is 22.7 Å². The fourth-order valence-corrected chi connectivity index (χ4v) is 5.43. The zero-order valence-corrected chi connectivity index (χ0v) is 14.6. The number of allylic oxidation sites excluding steroid dienone is 4. The topological polar surface area (TPSA) is 34.1 Å². The van der Waals surface area contributed by atoms with Gasteiger partial charge in [-0.25, -0.2) is 0 Å². The van der Waals surface area contributed by atoms with Crippen LogP contribution in [0.2, 0.25) is 0 Å². The Hall–Kier alpha value is -1.18. The molecule has 2 nitrogen and oxygen atoms in total. The number of ketones is 2. The Bertz CT molecular complexity index is 603. The van der Waals surface area contributed by atoms with Gasteiger partial charge >= 0.3 is 0 Å². The van der Waals surface area contributed by atoms with Gasteiger partial charge in [0, 0.05) is 22.1 Å². The molecule has 0 bridgehead atoms. The highest BCUT2D eigenvalue weighted by Crippen LogP contribution is 2.60. The fourth-order valence-electron chi connectivity index (χ4n) is 5.43. The van der Waals surface area contributed by atoms with Gasteiger partial charge in [-0.3, -0.25) is 9.59 Å². The maximum atomic E-state index is 12.9. The molecule has 2 heteroatoms. The SMILES string of the molecule is CC(C)C1=CC(=O)C2=C(CC[C@H]3C(C)(C)CCC[C@]23C)C1=O. The molecule has 1 fully saturated rings. The molecule has 0 aromatic heterocycles. The van der Waals surface area contributed by atoms with Crippen LogP contribution in [0.25, 0.3) is 0 Å². The summed E-state index contributed by atoms with van der Waals surface area (Å²) in [7, 11) is 0. The summed E-state index contributed by atoms with van der Waals surface area (Å²) in [6.07, 6.45) is 6.90. The maximum absolute atomic E-state index is 12.9. The van der Waals surface area contributed by atoms with Crippen molar-refractivity contribution in [3.8, 4) is 0 Å². The second-order valence-electron chi connectivity index (χ2n) is 8.65. The summed E-state index contributed by atoms with van der Waals surface area (Å²) >= 11 is 0. The van der Waals surface area contributed by atoms with Gasteiger partial charge in [0.2, 0.25) is 0 Å². The molecule has 0 unspecified atom stereocenters. The first-order chi connectivity index (χ1) is 10.2. The van der Waals surface area contributed by atoms with Crippen molar-refractivity contribution in [3.05, 3.63) is 22.8 Å². The second kappa shape index (κ2) is 4.91. The van der Waals surface area contributed by atoms with Gasteiger partial charge in [0.25, 0.3) is 0 Å². The average Bonchev–Trinajstić information content (AvgIpc) is 2.40. The lowest BCUT2D eigenvalue weighted by Gasteiger charge is -2.55. The number of carbonyl (C=O) groups is 2. The monoisotopic (exact) mass is 300 g/mol. The fraction of sp³-hybridized carbons (Fsp3) is 0.700. The first-order valence-corrected chi connectivity index (χ1v) is 8.73. The van der Waals surface area contributed by atoms with E-state index in [9.17, 15) is 9.59 Å². The summed E-state index contributed by atoms with van der Waals surface area (Å²) < 4.78 is 0. The number of carbonyl (C=O) groups excluding carboxylic acids is 2. The molecular weight excluding hydrogens is 272 g/mol. The Morgan fingerprint density at radius 3 is 2.45 bits per heavy atom. The zero-order valence-electron chi connectivity index (χ0n) is 14.6. The Labute approximate surface area is 134 Å². The summed E-state index contributed by atoms with van der Waals surface area (Å²) in [5.41, 5.74) is 2.57. The largest absolute Gasteiger partial charge is 0.290 e. The molecule has 0 saturated heterocycles. The van der Waals surface area contributed by atoms with Gasteiger partial charge in [0.05, 0.1) is 0 Å². The van der Waals surface area contributed by atoms with Gasteiger partial charge in [-0.15, -0.1) is 0 Å². The van der Waals surface area contributed by atoms with Gasteiger partial charge < -0.3 is 0 Å². The predicted molar refractivity (Wildman–Crippen MR) is 88.4 cm³/mol. The van der Waals surface area contributed by atoms with E-state index < -0.39 is 0 Å². The molecule has 22 heavy (non-hydrogen) atoms. The van der Waals surface area contributed by atoms with E-state index >= 15 is 0 Å². The van der Waals surface area contributed by atoms with Gasteiger partial charge in [0.15, 0.2) is 11.6 Å². The molecular formula is C20H28O2. The van der Waals surface area contributed by atoms with E-state index in [1.807, 2.05) is 13.8 Å². The van der Waals surface area contributed by atoms with Crippen molar-refractivity contribution < 1.29 is 9.59 Å². The van der Waals surface area contributed by atoms with E-state index in [1.54, 1.807) is 6.08 Å². The normalized spacial score (nSPS) is 34.5. The van der Waals surface area contributed by atoms with Crippen LogP contribution in [0.3, 0.4) is 0 Å². The second-order valence-corrected chi connectivity index (χ2v) is 8.65. The molecule has 3 aliphatic carbocycles. The number of hydrogen-bond donors (Lipinski definition) is 0. The van der Waals surface area contributed by atoms with Crippen molar-refractivity contribution in [1.82, 2.24) is 0 Å². The number of hydrogen-bond acceptors (Lipinski definition) is 2. The molecule has 3 aliphatic rings. The lowest BCUT2D eigenvalue weighted by molar-refractivity contribution is -0.119. The third-order valence-electron chi connectivity index (χ3n) is 6.48. The van der Waals surface area contributed by atoms with Gasteiger partial charge in [0.1, 0.15) is 0 Å². The molecule has 0 aromatic rings. The first kappa shape index (κ1) is 15.7. The molecule has 0 amide bonds. The van der Waals surface area contributed by atoms with Crippen LogP contribution in [-0.2, 0) is 9.59 Å². The average molecular weight is 300 g/mol. The van der Waals surface area contributed by atoms with Crippen molar-refractivity contribution in [3.63, 3.8) is 0 Å². The molecule has 2 atom stereocenters. The standard InChI is InChI=1S/C20H28O2/c1-12(2)14-11-15(21)17-13(18(14)22)7-8-16-19(3,4)9-6-10-20(16,17)5/h11-12,16H,6-10H2,1-5H3/t16-,20-/m0/s1. The minimum absolute atomic E-state index is 0.110. The van der Waals surface area contributed by atoms with E-state index in [0.717, 1.165) is 36.8 Å². The quantitative estimate of drug-likeness (QED) is 0.661. The molecule has 0 aliphatic heterocycles. The Morgan fingerprint density at radius 1 is 1.14 bits per heavy atom. The molecule has 0 aromatic carbocycles. The summed E-state index contributed by atoms with van der Waals surface area (Å²) in [4.78, 5) is 25.7. The van der Waals surface area contributed by atoms with Crippen LogP contribution in [-0.4, -0.2) is 11.6 Å². The minimum atomic E-state index is -0.110. The third-order valence-corrected chi connectivity index (χ3v) is 6.48. The molecule has 120 valence electrons. The molecule has 3 rings (SSSR count). The van der Waals surface area contributed by atoms with E-state index in [-0.39, 0.29) is 28.3 Å². The molecule has 0 N–H and O–H groups in total. The number of fused-ring (bicyclic) bond motifs is 2. The summed E-state index contributed by atoms with van der Waals surface area (Å²) in [6, 6.07) is 0. The zero-order chi connectivity index (χ0) is 16.3. The van der Waals surface area contributed by atoms with Crippen molar-refractivity contribution in [1.29, 1.82) is 0 Å². The van der Waals surface area contributed by atoms with Crippen LogP contribution in [0.4, 0.5) is 0 Å². The van der Waals surface area contributed by atoms with Crippen molar-refractivity contribution in [2.45, 2.75) is 66.7 Å². The lowest BCUT2D eigenvalue weighted by atomic mass is 9.49. The summed E-state index contributed by atoms with van der Waals surface area (Å²) in [5, 5.41) is 0. The van der Waals surface area contributed by atoms with E-state index in [2.05, 4.69) is 20.8 Å². The minimum Gasteiger partial charge on any atom is -0.290 e. The van der Waals surface area contributed by atoms with Gasteiger partial charge in [-0.2, -0.15) is 0 Å². The third kappa shape index (κ3) is 2.06. The van der Waals surface area contributed by atoms with Crippen LogP contribution in [0.15, 0.2) is 22.8 Å². The first-order valence-electron chi connectivity index (χ1n) is 8.73. The van der Waals surface area contributed by atoms with Crippen LogP contribution in [0.1, 0.15) is 66.7 Å². The molecule has 0 radical (unpaired) electrons. The number of rotatable bonds is 1. The Morgan fingerprint density at radius 2 is 1.82 bits per heavy atom. The number of Topliss-reactive ketones (excluding diaryl/α,β-unsaturated/α-hetero) is 1. The van der Waals surface area contributed by atoms with Crippen LogP contribution in [0.5, 0.6) is 0 Å². The van der Waals surface area contributed by atoms with Crippen molar-refractivity contribution >= 4 is 11.6 Å². The van der Waals surface area contributed by atoms with E-state index in [4.69, 9.17) is 0 Å². The van der Waals surface area contributed by atoms with Crippen LogP contribution >= 0.6 is 0 Å². The summed E-state index contributed by atoms with van der Waals surface area (Å²) in [5.74, 6) is 0.896. The predicted octanol–water partition coefficient (Wildman–Crippen LogP) is 4.64. The lowest BCUT2D eigenvalue weighted by Crippen LogP contribution is -2.48. The van der Waals surface area contributed by atoms with E-state index in [0.29, 0.717) is 11.5 Å². The van der Waals surface area contributed by atoms with Gasteiger partial charge in [-0.05, 0) is 49.0 Å². The van der Waals surface area contributed by atoms with Gasteiger partial charge in [-0.1, -0.05) is 41.0 Å². The van der Waals surface area contributed by atoms with Crippen LogP contribution < -0.4 is 0 Å². The van der Waals surface area contributed by atoms with Crippen LogP contribution in [0, 0.1) is 22.7 Å². The molecule has 0 spiro atoms. The maximum Gasteiger partial charge on any atom is 0.185 e. The highest BCUT2D eigenvalue weighted by molar-refractivity contribution is 6.23. The highest BCUT2D eigenvalue weighted by atomic mass is 16.1. The molecule has 1 saturated carbocycles.